The zero-order valence-corrected chi connectivity index (χ0v) is 17.1. The smallest absolute Gasteiger partial charge is 0.325 e. The summed E-state index contributed by atoms with van der Waals surface area (Å²) in [5.74, 6) is -1.32. The quantitative estimate of drug-likeness (QED) is 0.519. The van der Waals surface area contributed by atoms with E-state index in [1.165, 1.54) is 11.3 Å². The van der Waals surface area contributed by atoms with Crippen LogP contribution in [0.5, 0.6) is 0 Å². The number of hydrogen-bond donors (Lipinski definition) is 2. The Balaban J connectivity index is 1.56. The van der Waals surface area contributed by atoms with E-state index in [0.717, 1.165) is 11.1 Å². The maximum Gasteiger partial charge on any atom is 0.325 e. The lowest BCUT2D eigenvalue weighted by molar-refractivity contribution is -0.145. The van der Waals surface area contributed by atoms with Crippen molar-refractivity contribution in [2.24, 2.45) is 0 Å². The van der Waals surface area contributed by atoms with Gasteiger partial charge in [-0.2, -0.15) is 0 Å². The Morgan fingerprint density at radius 2 is 1.53 bits per heavy atom. The third kappa shape index (κ3) is 6.56. The van der Waals surface area contributed by atoms with Crippen molar-refractivity contribution in [1.29, 1.82) is 0 Å². The van der Waals surface area contributed by atoms with Gasteiger partial charge in [-0.1, -0.05) is 66.7 Å². The highest BCUT2D eigenvalue weighted by Crippen LogP contribution is 2.10. The van der Waals surface area contributed by atoms with E-state index in [-0.39, 0.29) is 19.1 Å². The highest BCUT2D eigenvalue weighted by atomic mass is 32.1. The van der Waals surface area contributed by atoms with E-state index in [1.807, 2.05) is 60.7 Å². The molecule has 0 aliphatic heterocycles. The first kappa shape index (κ1) is 21.3. The molecule has 1 heterocycles. The summed E-state index contributed by atoms with van der Waals surface area (Å²) in [7, 11) is 0. The van der Waals surface area contributed by atoms with Crippen LogP contribution in [-0.2, 0) is 27.4 Å². The maximum atomic E-state index is 12.7. The third-order valence-corrected chi connectivity index (χ3v) is 5.17. The summed E-state index contributed by atoms with van der Waals surface area (Å²) < 4.78 is 5.18. The molecule has 7 heteroatoms. The lowest BCUT2D eigenvalue weighted by atomic mass is 10.1. The average Bonchev–Trinajstić information content (AvgIpc) is 3.32. The van der Waals surface area contributed by atoms with E-state index in [9.17, 15) is 14.4 Å². The maximum absolute atomic E-state index is 12.7. The van der Waals surface area contributed by atoms with Gasteiger partial charge in [0.15, 0.2) is 0 Å². The normalized spacial score (nSPS) is 11.3. The molecule has 2 N–H and O–H groups in total. The van der Waals surface area contributed by atoms with Gasteiger partial charge < -0.3 is 15.4 Å². The monoisotopic (exact) mass is 422 g/mol. The molecule has 2 amide bonds. The Bertz CT molecular complexity index is 959. The first-order valence-corrected chi connectivity index (χ1v) is 10.4. The van der Waals surface area contributed by atoms with Crippen molar-refractivity contribution < 1.29 is 19.1 Å². The van der Waals surface area contributed by atoms with E-state index in [2.05, 4.69) is 10.6 Å². The van der Waals surface area contributed by atoms with Gasteiger partial charge in [0, 0.05) is 6.42 Å². The molecule has 0 aliphatic carbocycles. The Labute approximate surface area is 178 Å². The summed E-state index contributed by atoms with van der Waals surface area (Å²) in [6.07, 6.45) is 0.308. The van der Waals surface area contributed by atoms with Gasteiger partial charge >= 0.3 is 5.97 Å². The number of rotatable bonds is 9. The van der Waals surface area contributed by atoms with E-state index in [4.69, 9.17) is 4.74 Å². The molecule has 3 aromatic rings. The minimum Gasteiger partial charge on any atom is -0.460 e. The molecular formula is C23H22N2O4S. The number of amides is 2. The Morgan fingerprint density at radius 1 is 0.867 bits per heavy atom. The summed E-state index contributed by atoms with van der Waals surface area (Å²) in [5, 5.41) is 7.12. The van der Waals surface area contributed by atoms with Crippen LogP contribution in [0.25, 0.3) is 0 Å². The number of hydrogen-bond acceptors (Lipinski definition) is 5. The second-order valence-electron chi connectivity index (χ2n) is 6.56. The minimum atomic E-state index is -0.816. The molecule has 0 bridgehead atoms. The molecule has 3 rings (SSSR count). The standard InChI is InChI=1S/C23H22N2O4S/c26-21(29-16-18-10-5-2-6-11-18)15-24-22(27)19(14-17-8-3-1-4-9-17)25-23(28)20-12-7-13-30-20/h1-13,19H,14-16H2,(H,24,27)(H,25,28)/t19-/m0/s1. The van der Waals surface area contributed by atoms with Gasteiger partial charge in [0.05, 0.1) is 4.88 Å². The Hall–Kier alpha value is -3.45. The molecular weight excluding hydrogens is 400 g/mol. The molecule has 1 atom stereocenters. The van der Waals surface area contributed by atoms with Crippen molar-refractivity contribution in [3.63, 3.8) is 0 Å². The second-order valence-corrected chi connectivity index (χ2v) is 7.50. The molecule has 0 aliphatic rings. The molecule has 0 fully saturated rings. The molecule has 2 aromatic carbocycles. The van der Waals surface area contributed by atoms with Gasteiger partial charge in [-0.15, -0.1) is 11.3 Å². The number of nitrogens with one attached hydrogen (secondary N) is 2. The Kier molecular flexibility index (Phi) is 7.74. The van der Waals surface area contributed by atoms with Gasteiger partial charge in [-0.25, -0.2) is 0 Å². The first-order chi connectivity index (χ1) is 14.6. The van der Waals surface area contributed by atoms with Crippen LogP contribution in [0.3, 0.4) is 0 Å². The lowest BCUT2D eigenvalue weighted by Crippen LogP contribution is -2.49. The van der Waals surface area contributed by atoms with Crippen LogP contribution in [0.15, 0.2) is 78.2 Å². The van der Waals surface area contributed by atoms with Crippen molar-refractivity contribution in [1.82, 2.24) is 10.6 Å². The topological polar surface area (TPSA) is 84.5 Å². The van der Waals surface area contributed by atoms with Crippen LogP contribution in [0, 0.1) is 0 Å². The van der Waals surface area contributed by atoms with Gasteiger partial charge in [0.2, 0.25) is 5.91 Å². The Morgan fingerprint density at radius 3 is 2.17 bits per heavy atom. The highest BCUT2D eigenvalue weighted by Gasteiger charge is 2.23. The van der Waals surface area contributed by atoms with Crippen molar-refractivity contribution in [3.05, 3.63) is 94.2 Å². The number of carbonyl (C=O) groups excluding carboxylic acids is 3. The van der Waals surface area contributed by atoms with E-state index in [1.54, 1.807) is 17.5 Å². The van der Waals surface area contributed by atoms with Crippen LogP contribution >= 0.6 is 11.3 Å². The molecule has 0 saturated carbocycles. The average molecular weight is 423 g/mol. The van der Waals surface area contributed by atoms with Crippen molar-refractivity contribution >= 4 is 29.1 Å². The van der Waals surface area contributed by atoms with Gasteiger partial charge in [0.25, 0.3) is 5.91 Å². The summed E-state index contributed by atoms with van der Waals surface area (Å²) in [6, 6.07) is 21.3. The van der Waals surface area contributed by atoms with Crippen LogP contribution in [0.4, 0.5) is 0 Å². The number of benzene rings is 2. The fourth-order valence-electron chi connectivity index (χ4n) is 2.77. The molecule has 154 valence electrons. The minimum absolute atomic E-state index is 0.137. The summed E-state index contributed by atoms with van der Waals surface area (Å²) in [6.45, 7) is -0.135. The highest BCUT2D eigenvalue weighted by molar-refractivity contribution is 7.12. The summed E-state index contributed by atoms with van der Waals surface area (Å²) in [5.41, 5.74) is 1.76. The molecule has 0 unspecified atom stereocenters. The van der Waals surface area contributed by atoms with E-state index in [0.29, 0.717) is 11.3 Å². The number of thiophene rings is 1. The molecule has 30 heavy (non-hydrogen) atoms. The zero-order chi connectivity index (χ0) is 21.2. The number of esters is 1. The predicted molar refractivity (Wildman–Crippen MR) is 115 cm³/mol. The molecule has 6 nitrogen and oxygen atoms in total. The largest absolute Gasteiger partial charge is 0.460 e. The predicted octanol–water partition coefficient (Wildman–Crippen LogP) is 2.95. The number of carbonyl (C=O) groups is 3. The van der Waals surface area contributed by atoms with Crippen LogP contribution in [0.1, 0.15) is 20.8 Å². The molecule has 1 aromatic heterocycles. The van der Waals surface area contributed by atoms with Crippen molar-refractivity contribution in [2.45, 2.75) is 19.1 Å². The molecule has 0 radical (unpaired) electrons. The van der Waals surface area contributed by atoms with E-state index < -0.39 is 17.9 Å². The zero-order valence-electron chi connectivity index (χ0n) is 16.2. The third-order valence-electron chi connectivity index (χ3n) is 4.30. The van der Waals surface area contributed by atoms with Gasteiger partial charge in [0.1, 0.15) is 19.2 Å². The SMILES string of the molecule is O=C(CNC(=O)[C@H](Cc1ccccc1)NC(=O)c1cccs1)OCc1ccccc1. The van der Waals surface area contributed by atoms with Crippen LogP contribution < -0.4 is 10.6 Å². The van der Waals surface area contributed by atoms with Crippen molar-refractivity contribution in [2.75, 3.05) is 6.54 Å². The molecule has 0 spiro atoms. The summed E-state index contributed by atoms with van der Waals surface area (Å²) in [4.78, 5) is 37.6. The van der Waals surface area contributed by atoms with E-state index >= 15 is 0 Å². The first-order valence-electron chi connectivity index (χ1n) is 9.47. The van der Waals surface area contributed by atoms with Crippen LogP contribution in [0.2, 0.25) is 0 Å². The van der Waals surface area contributed by atoms with Gasteiger partial charge in [-0.05, 0) is 22.6 Å². The van der Waals surface area contributed by atoms with Gasteiger partial charge in [-0.3, -0.25) is 14.4 Å². The lowest BCUT2D eigenvalue weighted by Gasteiger charge is -2.18. The fourth-order valence-corrected chi connectivity index (χ4v) is 3.39. The number of ether oxygens (including phenoxy) is 1. The second kappa shape index (κ2) is 10.9. The fraction of sp³-hybridized carbons (Fsp3) is 0.174. The molecule has 0 saturated heterocycles. The van der Waals surface area contributed by atoms with Crippen molar-refractivity contribution in [3.8, 4) is 0 Å². The van der Waals surface area contributed by atoms with Crippen LogP contribution in [-0.4, -0.2) is 30.4 Å². The summed E-state index contributed by atoms with van der Waals surface area (Å²) >= 11 is 1.30.